The van der Waals surface area contributed by atoms with Crippen LogP contribution in [-0.2, 0) is 0 Å². The lowest BCUT2D eigenvalue weighted by Gasteiger charge is -2.23. The highest BCUT2D eigenvalue weighted by Gasteiger charge is 2.16. The Morgan fingerprint density at radius 2 is 1.30 bits per heavy atom. The highest BCUT2D eigenvalue weighted by molar-refractivity contribution is 7.19. The minimum absolute atomic E-state index is 0.0166. The Morgan fingerprint density at radius 1 is 0.725 bits per heavy atom. The van der Waals surface area contributed by atoms with E-state index in [4.69, 9.17) is 0 Å². The normalized spacial score (nSPS) is 10.9. The summed E-state index contributed by atoms with van der Waals surface area (Å²) in [5.74, 6) is -2.22. The Morgan fingerprint density at radius 3 is 1.90 bits per heavy atom. The van der Waals surface area contributed by atoms with Crippen molar-refractivity contribution in [1.82, 2.24) is 15.0 Å². The Bertz CT molecular complexity index is 1460. The van der Waals surface area contributed by atoms with E-state index in [1.807, 2.05) is 12.1 Å². The zero-order valence-electron chi connectivity index (χ0n) is 22.8. The van der Waals surface area contributed by atoms with Gasteiger partial charge in [0.2, 0.25) is 0 Å². The van der Waals surface area contributed by atoms with Crippen molar-refractivity contribution in [3.8, 4) is 33.2 Å². The average Bonchev–Trinajstić information content (AvgIpc) is 3.47. The van der Waals surface area contributed by atoms with Gasteiger partial charge in [0.05, 0.1) is 38.9 Å². The lowest BCUT2D eigenvalue weighted by molar-refractivity contribution is 0.0686. The summed E-state index contributed by atoms with van der Waals surface area (Å²) >= 11 is 1.74. The zero-order valence-corrected chi connectivity index (χ0v) is 23.7. The first kappa shape index (κ1) is 28.9. The number of aromatic carboxylic acids is 2. The number of unbranched alkanes of at least 4 members (excludes halogenated alkanes) is 4. The van der Waals surface area contributed by atoms with E-state index >= 15 is 0 Å². The van der Waals surface area contributed by atoms with Crippen molar-refractivity contribution >= 4 is 28.3 Å². The zero-order chi connectivity index (χ0) is 28.5. The van der Waals surface area contributed by atoms with Crippen LogP contribution in [0.2, 0.25) is 0 Å². The molecule has 0 saturated carbocycles. The minimum Gasteiger partial charge on any atom is -0.478 e. The first-order chi connectivity index (χ1) is 19.4. The van der Waals surface area contributed by atoms with Gasteiger partial charge in [-0.25, -0.2) is 14.6 Å². The van der Waals surface area contributed by atoms with E-state index in [9.17, 15) is 19.8 Å². The van der Waals surface area contributed by atoms with Gasteiger partial charge in [0.1, 0.15) is 0 Å². The fourth-order valence-electron chi connectivity index (χ4n) is 4.43. The molecule has 8 nitrogen and oxygen atoms in total. The van der Waals surface area contributed by atoms with Crippen molar-refractivity contribution in [2.45, 2.75) is 52.4 Å². The molecule has 0 unspecified atom stereocenters. The number of anilines is 1. The molecule has 0 atom stereocenters. The van der Waals surface area contributed by atoms with E-state index in [0.717, 1.165) is 23.5 Å². The molecule has 0 radical (unpaired) electrons. The fourth-order valence-corrected chi connectivity index (χ4v) is 5.49. The average molecular weight is 559 g/mol. The summed E-state index contributed by atoms with van der Waals surface area (Å²) < 4.78 is 0. The second kappa shape index (κ2) is 13.8. The molecule has 4 aromatic heterocycles. The molecule has 9 heteroatoms. The second-order valence-electron chi connectivity index (χ2n) is 9.64. The highest BCUT2D eigenvalue weighted by Crippen LogP contribution is 2.35. The molecule has 2 N–H and O–H groups in total. The molecule has 40 heavy (non-hydrogen) atoms. The van der Waals surface area contributed by atoms with Crippen LogP contribution in [0.1, 0.15) is 73.1 Å². The molecule has 0 aliphatic carbocycles. The Hall–Kier alpha value is -4.11. The van der Waals surface area contributed by atoms with E-state index in [1.165, 1.54) is 74.0 Å². The van der Waals surface area contributed by atoms with Crippen molar-refractivity contribution in [1.29, 1.82) is 0 Å². The highest BCUT2D eigenvalue weighted by atomic mass is 32.1. The van der Waals surface area contributed by atoms with Gasteiger partial charge < -0.3 is 15.1 Å². The van der Waals surface area contributed by atoms with Crippen LogP contribution < -0.4 is 4.90 Å². The maximum atomic E-state index is 11.9. The molecule has 4 heterocycles. The topological polar surface area (TPSA) is 117 Å². The summed E-state index contributed by atoms with van der Waals surface area (Å²) in [5.41, 5.74) is 2.46. The lowest BCUT2D eigenvalue weighted by Crippen LogP contribution is -2.24. The van der Waals surface area contributed by atoms with Gasteiger partial charge in [-0.15, -0.1) is 11.3 Å². The Balaban J connectivity index is 1.66. The van der Waals surface area contributed by atoms with Gasteiger partial charge in [0, 0.05) is 30.4 Å². The molecule has 4 rings (SSSR count). The smallest absolute Gasteiger partial charge is 0.335 e. The number of carboxylic acids is 2. The molecule has 0 fully saturated rings. The number of carboxylic acid groups (broad SMARTS) is 2. The summed E-state index contributed by atoms with van der Waals surface area (Å²) in [4.78, 5) is 40.3. The largest absolute Gasteiger partial charge is 0.478 e. The van der Waals surface area contributed by atoms with E-state index in [2.05, 4.69) is 45.8 Å². The number of aromatic nitrogens is 3. The predicted octanol–water partition coefficient (Wildman–Crippen LogP) is 7.52. The molecule has 208 valence electrons. The van der Waals surface area contributed by atoms with Crippen LogP contribution in [0.5, 0.6) is 0 Å². The molecule has 0 spiro atoms. The number of carbonyl (C=O) groups is 2. The van der Waals surface area contributed by atoms with Gasteiger partial charge in [-0.2, -0.15) is 0 Å². The molecule has 0 aliphatic heterocycles. The van der Waals surface area contributed by atoms with Crippen molar-refractivity contribution < 1.29 is 19.8 Å². The number of nitrogens with zero attached hydrogens (tertiary/aromatic N) is 4. The third-order valence-electron chi connectivity index (χ3n) is 6.62. The summed E-state index contributed by atoms with van der Waals surface area (Å²) in [5, 5.41) is 20.4. The third-order valence-corrected chi connectivity index (χ3v) is 7.81. The molecule has 0 aromatic carbocycles. The number of hydrogen-bond acceptors (Lipinski definition) is 7. The van der Waals surface area contributed by atoms with Gasteiger partial charge in [-0.3, -0.25) is 9.97 Å². The van der Waals surface area contributed by atoms with Crippen molar-refractivity contribution in [2.75, 3.05) is 18.0 Å². The van der Waals surface area contributed by atoms with Crippen LogP contribution in [0.15, 0.2) is 60.9 Å². The summed E-state index contributed by atoms with van der Waals surface area (Å²) in [6.07, 6.45) is 10.2. The van der Waals surface area contributed by atoms with Crippen molar-refractivity contribution in [3.05, 3.63) is 72.1 Å². The predicted molar refractivity (Wildman–Crippen MR) is 159 cm³/mol. The first-order valence-corrected chi connectivity index (χ1v) is 14.5. The van der Waals surface area contributed by atoms with Crippen molar-refractivity contribution in [2.24, 2.45) is 0 Å². The molecule has 0 aliphatic rings. The van der Waals surface area contributed by atoms with Crippen LogP contribution in [-0.4, -0.2) is 50.2 Å². The third kappa shape index (κ3) is 7.30. The van der Waals surface area contributed by atoms with E-state index in [1.54, 1.807) is 17.5 Å². The van der Waals surface area contributed by atoms with E-state index in [0.29, 0.717) is 11.4 Å². The van der Waals surface area contributed by atoms with Gasteiger partial charge in [0.15, 0.2) is 0 Å². The second-order valence-corrected chi connectivity index (χ2v) is 10.7. The van der Waals surface area contributed by atoms with Crippen LogP contribution in [0.4, 0.5) is 5.00 Å². The number of thiophene rings is 1. The molecule has 0 amide bonds. The molecule has 0 bridgehead atoms. The van der Waals surface area contributed by atoms with Crippen LogP contribution in [0, 0.1) is 0 Å². The van der Waals surface area contributed by atoms with Crippen LogP contribution in [0.25, 0.3) is 33.2 Å². The Kier molecular flexibility index (Phi) is 9.96. The lowest BCUT2D eigenvalue weighted by atomic mass is 10.1. The monoisotopic (exact) mass is 558 g/mol. The fraction of sp³-hybridized carbons (Fsp3) is 0.323. The number of rotatable bonds is 14. The molecule has 4 aromatic rings. The summed E-state index contributed by atoms with van der Waals surface area (Å²) in [6, 6.07) is 13.8. The summed E-state index contributed by atoms with van der Waals surface area (Å²) in [7, 11) is 0. The van der Waals surface area contributed by atoms with Gasteiger partial charge in [-0.1, -0.05) is 39.5 Å². The molecular formula is C31H34N4O4S. The maximum Gasteiger partial charge on any atom is 0.335 e. The SMILES string of the molecule is CCCCCN(CCCCC)c1ccc(-c2ccnc(-c3cc(C(=O)O)cc(-c4cc(C(=O)O)ccn4)n3)c2)s1. The van der Waals surface area contributed by atoms with Gasteiger partial charge >= 0.3 is 11.9 Å². The van der Waals surface area contributed by atoms with E-state index < -0.39 is 11.9 Å². The molecule has 0 saturated heterocycles. The van der Waals surface area contributed by atoms with Crippen LogP contribution in [0.3, 0.4) is 0 Å². The van der Waals surface area contributed by atoms with Crippen LogP contribution >= 0.6 is 11.3 Å². The number of hydrogen-bond donors (Lipinski definition) is 2. The quantitative estimate of drug-likeness (QED) is 0.153. The van der Waals surface area contributed by atoms with Crippen molar-refractivity contribution in [3.63, 3.8) is 0 Å². The number of pyridine rings is 3. The Labute approximate surface area is 238 Å². The maximum absolute atomic E-state index is 11.9. The first-order valence-electron chi connectivity index (χ1n) is 13.7. The van der Waals surface area contributed by atoms with E-state index in [-0.39, 0.29) is 22.5 Å². The van der Waals surface area contributed by atoms with Gasteiger partial charge in [-0.05, 0) is 66.9 Å². The van der Waals surface area contributed by atoms with Gasteiger partial charge in [0.25, 0.3) is 0 Å². The minimum atomic E-state index is -1.12. The standard InChI is InChI=1S/C31H34N4O4S/c1-3-5-7-15-35(16-8-6-4-2)29-10-9-28(40-29)21-11-13-32-24(17-21)26-19-23(31(38)39)20-27(34-26)25-18-22(30(36)37)12-14-33-25/h9-14,17-20H,3-8,15-16H2,1-2H3,(H,36,37)(H,38,39). The summed E-state index contributed by atoms with van der Waals surface area (Å²) in [6.45, 7) is 6.54. The molecular weight excluding hydrogens is 524 g/mol.